The molecule has 5 heteroatoms. The van der Waals surface area contributed by atoms with Gasteiger partial charge >= 0.3 is 0 Å². The Kier molecular flexibility index (Phi) is 4.00. The van der Waals surface area contributed by atoms with Crippen LogP contribution in [0.3, 0.4) is 0 Å². The normalized spacial score (nSPS) is 14.2. The third kappa shape index (κ3) is 3.10. The molecule has 0 aromatic carbocycles. The van der Waals surface area contributed by atoms with E-state index >= 15 is 0 Å². The first-order chi connectivity index (χ1) is 6.74. The summed E-state index contributed by atoms with van der Waals surface area (Å²) in [6, 6.07) is 3.62. The molecule has 5 nitrogen and oxygen atoms in total. The van der Waals surface area contributed by atoms with Gasteiger partial charge in [0.05, 0.1) is 12.9 Å². The number of hydrogen-bond donors (Lipinski definition) is 2. The van der Waals surface area contributed by atoms with E-state index in [9.17, 15) is 0 Å². The Hall–Kier alpha value is -1.49. The van der Waals surface area contributed by atoms with E-state index in [1.54, 1.807) is 12.3 Å². The lowest BCUT2D eigenvalue weighted by Crippen LogP contribution is -2.25. The van der Waals surface area contributed by atoms with Crippen molar-refractivity contribution in [3.05, 3.63) is 24.2 Å². The highest BCUT2D eigenvalue weighted by Gasteiger charge is 2.07. The van der Waals surface area contributed by atoms with Crippen LogP contribution in [0.2, 0.25) is 0 Å². The van der Waals surface area contributed by atoms with Crippen molar-refractivity contribution in [2.45, 2.75) is 13.5 Å². The molecule has 0 aliphatic heterocycles. The second-order valence-corrected chi connectivity index (χ2v) is 3.02. The summed E-state index contributed by atoms with van der Waals surface area (Å²) < 4.78 is 10.4. The van der Waals surface area contributed by atoms with Crippen molar-refractivity contribution in [1.82, 2.24) is 0 Å². The Morgan fingerprint density at radius 1 is 1.79 bits per heavy atom. The van der Waals surface area contributed by atoms with E-state index in [0.717, 1.165) is 5.76 Å². The summed E-state index contributed by atoms with van der Waals surface area (Å²) >= 11 is 0. The molecule has 14 heavy (non-hydrogen) atoms. The molecule has 1 heterocycles. The smallest absolute Gasteiger partial charge is 0.144 e. The van der Waals surface area contributed by atoms with Gasteiger partial charge in [0.1, 0.15) is 18.2 Å². The number of nitrogens with two attached hydrogens (primary N) is 1. The van der Waals surface area contributed by atoms with Crippen molar-refractivity contribution < 1.29 is 14.4 Å². The molecule has 0 spiro atoms. The van der Waals surface area contributed by atoms with Crippen molar-refractivity contribution in [3.63, 3.8) is 0 Å². The fraction of sp³-hybridized carbons (Fsp3) is 0.444. The summed E-state index contributed by atoms with van der Waals surface area (Å²) in [6.07, 6.45) is 1.59. The van der Waals surface area contributed by atoms with Gasteiger partial charge < -0.3 is 20.1 Å². The average molecular weight is 198 g/mol. The zero-order valence-corrected chi connectivity index (χ0v) is 8.01. The number of oxime groups is 1. The quantitative estimate of drug-likeness (QED) is 0.322. The molecule has 0 radical (unpaired) electrons. The van der Waals surface area contributed by atoms with Gasteiger partial charge in [-0.2, -0.15) is 0 Å². The van der Waals surface area contributed by atoms with Gasteiger partial charge in [0.15, 0.2) is 0 Å². The molecule has 1 aromatic rings. The zero-order valence-electron chi connectivity index (χ0n) is 8.01. The molecule has 0 fully saturated rings. The third-order valence-corrected chi connectivity index (χ3v) is 1.81. The van der Waals surface area contributed by atoms with Gasteiger partial charge in [-0.15, -0.1) is 0 Å². The van der Waals surface area contributed by atoms with E-state index in [4.69, 9.17) is 20.1 Å². The number of hydrogen-bond acceptors (Lipinski definition) is 4. The van der Waals surface area contributed by atoms with Crippen LogP contribution in [0.4, 0.5) is 0 Å². The highest BCUT2D eigenvalue weighted by molar-refractivity contribution is 5.81. The Morgan fingerprint density at radius 2 is 2.57 bits per heavy atom. The van der Waals surface area contributed by atoms with Crippen molar-refractivity contribution in [3.8, 4) is 0 Å². The maximum Gasteiger partial charge on any atom is 0.144 e. The average Bonchev–Trinajstić information content (AvgIpc) is 2.69. The van der Waals surface area contributed by atoms with E-state index < -0.39 is 0 Å². The monoisotopic (exact) mass is 198 g/mol. The molecule has 1 unspecified atom stereocenters. The van der Waals surface area contributed by atoms with Crippen LogP contribution in [0.1, 0.15) is 12.7 Å². The van der Waals surface area contributed by atoms with Crippen LogP contribution >= 0.6 is 0 Å². The predicted octanol–water partition coefficient (Wildman–Crippen LogP) is 1.18. The SMILES string of the molecule is CC(COCc1ccco1)/C(N)=N/O. The molecule has 0 amide bonds. The van der Waals surface area contributed by atoms with Crippen molar-refractivity contribution in [2.75, 3.05) is 6.61 Å². The Balaban J connectivity index is 2.22. The van der Waals surface area contributed by atoms with E-state index in [-0.39, 0.29) is 11.8 Å². The van der Waals surface area contributed by atoms with Gasteiger partial charge in [0.2, 0.25) is 0 Å². The molecule has 0 saturated carbocycles. The molecule has 0 aliphatic rings. The number of furan rings is 1. The van der Waals surface area contributed by atoms with E-state index in [2.05, 4.69) is 5.16 Å². The molecule has 78 valence electrons. The Morgan fingerprint density at radius 3 is 3.14 bits per heavy atom. The van der Waals surface area contributed by atoms with Crippen molar-refractivity contribution in [1.29, 1.82) is 0 Å². The van der Waals surface area contributed by atoms with Crippen molar-refractivity contribution >= 4 is 5.84 Å². The molecule has 0 aliphatic carbocycles. The molecule has 1 atom stereocenters. The topological polar surface area (TPSA) is 81.0 Å². The van der Waals surface area contributed by atoms with Crippen LogP contribution in [-0.2, 0) is 11.3 Å². The Bertz CT molecular complexity index is 282. The van der Waals surface area contributed by atoms with Crippen LogP contribution in [0, 0.1) is 5.92 Å². The van der Waals surface area contributed by atoms with Gasteiger partial charge in [-0.3, -0.25) is 0 Å². The van der Waals surface area contributed by atoms with E-state index in [0.29, 0.717) is 13.2 Å². The first kappa shape index (κ1) is 10.6. The minimum absolute atomic E-state index is 0.102. The lowest BCUT2D eigenvalue weighted by atomic mass is 10.2. The molecule has 0 bridgehead atoms. The van der Waals surface area contributed by atoms with Gasteiger partial charge in [0, 0.05) is 5.92 Å². The maximum atomic E-state index is 8.38. The fourth-order valence-electron chi connectivity index (χ4n) is 0.915. The third-order valence-electron chi connectivity index (χ3n) is 1.81. The van der Waals surface area contributed by atoms with Crippen LogP contribution in [0.25, 0.3) is 0 Å². The van der Waals surface area contributed by atoms with E-state index in [1.807, 2.05) is 13.0 Å². The lowest BCUT2D eigenvalue weighted by molar-refractivity contribution is 0.0934. The maximum absolute atomic E-state index is 8.38. The summed E-state index contributed by atoms with van der Waals surface area (Å²) in [4.78, 5) is 0. The fourth-order valence-corrected chi connectivity index (χ4v) is 0.915. The minimum atomic E-state index is -0.102. The lowest BCUT2D eigenvalue weighted by Gasteiger charge is -2.08. The number of ether oxygens (including phenoxy) is 1. The second kappa shape index (κ2) is 5.29. The molecular formula is C9H14N2O3. The van der Waals surface area contributed by atoms with Crippen molar-refractivity contribution in [2.24, 2.45) is 16.8 Å². The summed E-state index contributed by atoms with van der Waals surface area (Å²) in [7, 11) is 0. The highest BCUT2D eigenvalue weighted by Crippen LogP contribution is 2.04. The largest absolute Gasteiger partial charge is 0.467 e. The standard InChI is InChI=1S/C9H14N2O3/c1-7(9(10)11-12)5-13-6-8-3-2-4-14-8/h2-4,7,12H,5-6H2,1H3,(H2,10,11). The van der Waals surface area contributed by atoms with Crippen LogP contribution in [0.5, 0.6) is 0 Å². The summed E-state index contributed by atoms with van der Waals surface area (Å²) in [5.41, 5.74) is 5.37. The second-order valence-electron chi connectivity index (χ2n) is 3.02. The van der Waals surface area contributed by atoms with Gasteiger partial charge in [-0.05, 0) is 12.1 Å². The predicted molar refractivity (Wildman–Crippen MR) is 50.9 cm³/mol. The molecule has 3 N–H and O–H groups in total. The van der Waals surface area contributed by atoms with Crippen LogP contribution in [-0.4, -0.2) is 17.6 Å². The first-order valence-corrected chi connectivity index (χ1v) is 4.31. The van der Waals surface area contributed by atoms with Gasteiger partial charge in [-0.1, -0.05) is 12.1 Å². The molecule has 1 aromatic heterocycles. The van der Waals surface area contributed by atoms with E-state index in [1.165, 1.54) is 0 Å². The van der Waals surface area contributed by atoms with Gasteiger partial charge in [0.25, 0.3) is 0 Å². The number of nitrogens with zero attached hydrogens (tertiary/aromatic N) is 1. The number of rotatable bonds is 5. The molecular weight excluding hydrogens is 184 g/mol. The summed E-state index contributed by atoms with van der Waals surface area (Å²) in [5, 5.41) is 11.3. The summed E-state index contributed by atoms with van der Waals surface area (Å²) in [5.74, 6) is 0.830. The van der Waals surface area contributed by atoms with Crippen LogP contribution < -0.4 is 5.73 Å². The Labute approximate surface area is 82.1 Å². The zero-order chi connectivity index (χ0) is 10.4. The molecule has 0 saturated heterocycles. The molecule has 1 rings (SSSR count). The summed E-state index contributed by atoms with van der Waals surface area (Å²) in [6.45, 7) is 2.61. The minimum Gasteiger partial charge on any atom is -0.467 e. The van der Waals surface area contributed by atoms with Gasteiger partial charge in [-0.25, -0.2) is 0 Å². The number of amidine groups is 1. The van der Waals surface area contributed by atoms with Crippen LogP contribution in [0.15, 0.2) is 28.0 Å². The highest BCUT2D eigenvalue weighted by atomic mass is 16.5. The first-order valence-electron chi connectivity index (χ1n) is 4.31.